The van der Waals surface area contributed by atoms with Crippen molar-refractivity contribution in [2.24, 2.45) is 0 Å². The van der Waals surface area contributed by atoms with Crippen LogP contribution in [0.2, 0.25) is 0 Å². The van der Waals surface area contributed by atoms with Crippen LogP contribution in [-0.2, 0) is 6.42 Å². The van der Waals surface area contributed by atoms with Crippen LogP contribution in [0.3, 0.4) is 0 Å². The zero-order valence-corrected chi connectivity index (χ0v) is 11.8. The minimum absolute atomic E-state index is 0.754. The summed E-state index contributed by atoms with van der Waals surface area (Å²) in [6.45, 7) is 7.00. The lowest BCUT2D eigenvalue weighted by Crippen LogP contribution is -2.32. The highest BCUT2D eigenvalue weighted by molar-refractivity contribution is 6.18. The molecule has 0 amide bonds. The molecule has 18 heavy (non-hydrogen) atoms. The average molecular weight is 267 g/mol. The van der Waals surface area contributed by atoms with Crippen LogP contribution in [0.4, 0.5) is 0 Å². The van der Waals surface area contributed by atoms with Gasteiger partial charge in [-0.05, 0) is 31.5 Å². The first-order valence-corrected chi connectivity index (χ1v) is 7.46. The lowest BCUT2D eigenvalue weighted by Gasteiger charge is -2.21. The van der Waals surface area contributed by atoms with Gasteiger partial charge in [-0.15, -0.1) is 11.6 Å². The van der Waals surface area contributed by atoms with E-state index < -0.39 is 0 Å². The van der Waals surface area contributed by atoms with Crippen molar-refractivity contribution in [1.82, 2.24) is 9.80 Å². The zero-order valence-electron chi connectivity index (χ0n) is 11.0. The fourth-order valence-electron chi connectivity index (χ4n) is 2.52. The molecule has 1 aliphatic rings. The molecule has 0 bridgehead atoms. The molecule has 1 aromatic rings. The fourth-order valence-corrected chi connectivity index (χ4v) is 2.76. The van der Waals surface area contributed by atoms with Crippen molar-refractivity contribution in [1.29, 1.82) is 0 Å². The Kier molecular flexibility index (Phi) is 5.98. The summed E-state index contributed by atoms with van der Waals surface area (Å²) in [4.78, 5) is 5.07. The summed E-state index contributed by atoms with van der Waals surface area (Å²) in [5.74, 6) is 0.754. The van der Waals surface area contributed by atoms with Crippen molar-refractivity contribution in [3.8, 4) is 0 Å². The van der Waals surface area contributed by atoms with Gasteiger partial charge in [0, 0.05) is 32.1 Å². The van der Waals surface area contributed by atoms with Crippen LogP contribution in [0, 0.1) is 0 Å². The van der Waals surface area contributed by atoms with E-state index in [1.54, 1.807) is 0 Å². The molecule has 3 heteroatoms. The molecule has 0 atom stereocenters. The Morgan fingerprint density at radius 2 is 1.56 bits per heavy atom. The van der Waals surface area contributed by atoms with E-state index in [0.29, 0.717) is 0 Å². The van der Waals surface area contributed by atoms with E-state index in [9.17, 15) is 0 Å². The molecule has 1 aromatic carbocycles. The molecule has 100 valence electrons. The molecule has 1 heterocycles. The third kappa shape index (κ3) is 4.60. The second-order valence-electron chi connectivity index (χ2n) is 4.96. The number of halogens is 1. The Balaban J connectivity index is 1.73. The molecule has 2 nitrogen and oxygen atoms in total. The van der Waals surface area contributed by atoms with Gasteiger partial charge in [-0.2, -0.15) is 0 Å². The van der Waals surface area contributed by atoms with Crippen molar-refractivity contribution in [3.05, 3.63) is 35.9 Å². The van der Waals surface area contributed by atoms with Gasteiger partial charge < -0.3 is 9.80 Å². The maximum atomic E-state index is 5.81. The quantitative estimate of drug-likeness (QED) is 0.756. The van der Waals surface area contributed by atoms with Crippen molar-refractivity contribution >= 4 is 11.6 Å². The normalized spacial score (nSPS) is 18.7. The lowest BCUT2D eigenvalue weighted by molar-refractivity contribution is 0.266. The SMILES string of the molecule is ClCCN1CCCN(CCc2ccccc2)CC1. The number of rotatable bonds is 5. The first kappa shape index (κ1) is 13.9. The minimum atomic E-state index is 0.754. The summed E-state index contributed by atoms with van der Waals surface area (Å²) in [7, 11) is 0. The van der Waals surface area contributed by atoms with Gasteiger partial charge in [-0.25, -0.2) is 0 Å². The Bertz CT molecular complexity index is 329. The zero-order chi connectivity index (χ0) is 12.6. The summed E-state index contributed by atoms with van der Waals surface area (Å²) < 4.78 is 0. The first-order chi connectivity index (χ1) is 8.88. The van der Waals surface area contributed by atoms with Gasteiger partial charge in [0.25, 0.3) is 0 Å². The highest BCUT2D eigenvalue weighted by Gasteiger charge is 2.13. The first-order valence-electron chi connectivity index (χ1n) is 6.93. The van der Waals surface area contributed by atoms with Crippen molar-refractivity contribution < 1.29 is 0 Å². The smallest absolute Gasteiger partial charge is 0.0351 e. The minimum Gasteiger partial charge on any atom is -0.302 e. The van der Waals surface area contributed by atoms with E-state index in [0.717, 1.165) is 18.8 Å². The summed E-state index contributed by atoms with van der Waals surface area (Å²) in [6, 6.07) is 10.8. The number of alkyl halides is 1. The topological polar surface area (TPSA) is 6.48 Å². The maximum absolute atomic E-state index is 5.81. The molecule has 2 rings (SSSR count). The van der Waals surface area contributed by atoms with E-state index in [1.807, 2.05) is 0 Å². The summed E-state index contributed by atoms with van der Waals surface area (Å²) in [5.41, 5.74) is 1.44. The van der Waals surface area contributed by atoms with Gasteiger partial charge >= 0.3 is 0 Å². The number of hydrogen-bond donors (Lipinski definition) is 0. The monoisotopic (exact) mass is 266 g/mol. The molecule has 0 radical (unpaired) electrons. The molecule has 0 aromatic heterocycles. The van der Waals surface area contributed by atoms with Crippen LogP contribution < -0.4 is 0 Å². The largest absolute Gasteiger partial charge is 0.302 e. The Labute approximate surface area is 116 Å². The van der Waals surface area contributed by atoms with E-state index in [1.165, 1.54) is 44.7 Å². The van der Waals surface area contributed by atoms with Gasteiger partial charge in [-0.3, -0.25) is 0 Å². The molecule has 1 saturated heterocycles. The molecule has 1 fully saturated rings. The van der Waals surface area contributed by atoms with Crippen LogP contribution >= 0.6 is 11.6 Å². The summed E-state index contributed by atoms with van der Waals surface area (Å²) in [6.07, 6.45) is 2.43. The maximum Gasteiger partial charge on any atom is 0.0351 e. The highest BCUT2D eigenvalue weighted by Crippen LogP contribution is 2.06. The summed E-state index contributed by atoms with van der Waals surface area (Å²) in [5, 5.41) is 0. The van der Waals surface area contributed by atoms with Gasteiger partial charge in [-0.1, -0.05) is 30.3 Å². The van der Waals surface area contributed by atoms with Crippen LogP contribution in [0.1, 0.15) is 12.0 Å². The molecular formula is C15H23ClN2. The predicted octanol–water partition coefficient (Wildman–Crippen LogP) is 2.48. The highest BCUT2D eigenvalue weighted by atomic mass is 35.5. The third-order valence-corrected chi connectivity index (χ3v) is 3.81. The number of hydrogen-bond acceptors (Lipinski definition) is 2. The average Bonchev–Trinajstić information content (AvgIpc) is 2.64. The van der Waals surface area contributed by atoms with Crippen LogP contribution in [0.5, 0.6) is 0 Å². The molecule has 0 aliphatic carbocycles. The van der Waals surface area contributed by atoms with E-state index in [2.05, 4.69) is 40.1 Å². The van der Waals surface area contributed by atoms with Crippen LogP contribution in [0.15, 0.2) is 30.3 Å². The van der Waals surface area contributed by atoms with Crippen LogP contribution in [-0.4, -0.2) is 54.9 Å². The van der Waals surface area contributed by atoms with Crippen LogP contribution in [0.25, 0.3) is 0 Å². The molecule has 1 aliphatic heterocycles. The third-order valence-electron chi connectivity index (χ3n) is 3.64. The van der Waals surface area contributed by atoms with E-state index in [-0.39, 0.29) is 0 Å². The fraction of sp³-hybridized carbons (Fsp3) is 0.600. The second-order valence-corrected chi connectivity index (χ2v) is 5.34. The Hall–Kier alpha value is -0.570. The number of benzene rings is 1. The standard InChI is InChI=1S/C15H23ClN2/c16-8-12-18-10-4-9-17(13-14-18)11-7-15-5-2-1-3-6-15/h1-3,5-6H,4,7-14H2. The molecule has 0 saturated carbocycles. The summed E-state index contributed by atoms with van der Waals surface area (Å²) >= 11 is 5.81. The van der Waals surface area contributed by atoms with Crippen molar-refractivity contribution in [2.75, 3.05) is 45.1 Å². The van der Waals surface area contributed by atoms with Gasteiger partial charge in [0.05, 0.1) is 0 Å². The molecular weight excluding hydrogens is 244 g/mol. The Morgan fingerprint density at radius 3 is 2.22 bits per heavy atom. The lowest BCUT2D eigenvalue weighted by atomic mass is 10.1. The molecule has 0 spiro atoms. The van der Waals surface area contributed by atoms with Gasteiger partial charge in [0.2, 0.25) is 0 Å². The van der Waals surface area contributed by atoms with Crippen molar-refractivity contribution in [3.63, 3.8) is 0 Å². The molecule has 0 N–H and O–H groups in total. The molecule has 0 unspecified atom stereocenters. The van der Waals surface area contributed by atoms with Gasteiger partial charge in [0.1, 0.15) is 0 Å². The predicted molar refractivity (Wildman–Crippen MR) is 78.4 cm³/mol. The number of nitrogens with zero attached hydrogens (tertiary/aromatic N) is 2. The second kappa shape index (κ2) is 7.78. The van der Waals surface area contributed by atoms with E-state index in [4.69, 9.17) is 11.6 Å². The Morgan fingerprint density at radius 1 is 0.889 bits per heavy atom. The van der Waals surface area contributed by atoms with Crippen molar-refractivity contribution in [2.45, 2.75) is 12.8 Å². The van der Waals surface area contributed by atoms with E-state index >= 15 is 0 Å². The van der Waals surface area contributed by atoms with Gasteiger partial charge in [0.15, 0.2) is 0 Å².